The molecule has 3 N–H and O–H groups in total. The van der Waals surface area contributed by atoms with Crippen LogP contribution in [0.4, 0.5) is 5.69 Å². The van der Waals surface area contributed by atoms with Gasteiger partial charge in [-0.25, -0.2) is 0 Å². The second-order valence-corrected chi connectivity index (χ2v) is 6.56. The van der Waals surface area contributed by atoms with Crippen LogP contribution in [-0.2, 0) is 17.6 Å². The van der Waals surface area contributed by atoms with Crippen molar-refractivity contribution < 1.29 is 14.4 Å². The van der Waals surface area contributed by atoms with Gasteiger partial charge < -0.3 is 16.0 Å². The van der Waals surface area contributed by atoms with Crippen LogP contribution >= 0.6 is 0 Å². The molecular weight excluding hydrogens is 342 g/mol. The molecule has 0 unspecified atom stereocenters. The topological polar surface area (TPSA) is 92.5 Å². The monoisotopic (exact) mass is 365 g/mol. The highest BCUT2D eigenvalue weighted by atomic mass is 16.2. The van der Waals surface area contributed by atoms with Crippen LogP contribution in [0.3, 0.4) is 0 Å². The average Bonchev–Trinajstić information content (AvgIpc) is 3.10. The summed E-state index contributed by atoms with van der Waals surface area (Å²) in [6.45, 7) is 2.98. The van der Waals surface area contributed by atoms with Gasteiger partial charge in [0.1, 0.15) is 0 Å². The lowest BCUT2D eigenvalue weighted by Crippen LogP contribution is -2.28. The molecule has 0 saturated heterocycles. The number of hydrogen-bond acceptors (Lipinski definition) is 3. The minimum atomic E-state index is -0.463. The maximum atomic E-state index is 12.4. The Morgan fingerprint density at radius 2 is 1.93 bits per heavy atom. The van der Waals surface area contributed by atoms with E-state index in [4.69, 9.17) is 5.73 Å². The fourth-order valence-corrected chi connectivity index (χ4v) is 3.30. The third kappa shape index (κ3) is 4.16. The maximum absolute atomic E-state index is 12.4. The molecule has 2 aromatic rings. The first-order valence-electron chi connectivity index (χ1n) is 9.10. The first-order chi connectivity index (χ1) is 13.0. The van der Waals surface area contributed by atoms with Crippen molar-refractivity contribution in [3.8, 4) is 0 Å². The van der Waals surface area contributed by atoms with Gasteiger partial charge in [-0.2, -0.15) is 0 Å². The van der Waals surface area contributed by atoms with Crippen LogP contribution < -0.4 is 16.0 Å². The zero-order valence-electron chi connectivity index (χ0n) is 15.3. The second kappa shape index (κ2) is 8.03. The van der Waals surface area contributed by atoms with E-state index in [1.807, 2.05) is 25.1 Å². The molecule has 0 bridgehead atoms. The molecule has 1 aliphatic heterocycles. The van der Waals surface area contributed by atoms with Crippen LogP contribution in [0.5, 0.6) is 0 Å². The predicted octanol–water partition coefficient (Wildman–Crippen LogP) is 2.06. The van der Waals surface area contributed by atoms with Gasteiger partial charge in [-0.3, -0.25) is 14.4 Å². The Hall–Kier alpha value is -3.15. The number of nitrogens with two attached hydrogens (primary N) is 1. The third-order valence-electron chi connectivity index (χ3n) is 4.75. The lowest BCUT2D eigenvalue weighted by Gasteiger charge is -2.16. The summed E-state index contributed by atoms with van der Waals surface area (Å²) in [6, 6.07) is 12.5. The number of primary amides is 1. The first-order valence-corrected chi connectivity index (χ1v) is 9.10. The molecule has 0 saturated carbocycles. The summed E-state index contributed by atoms with van der Waals surface area (Å²) in [6.07, 6.45) is 1.84. The summed E-state index contributed by atoms with van der Waals surface area (Å²) in [5.74, 6) is -0.511. The van der Waals surface area contributed by atoms with Crippen molar-refractivity contribution in [3.63, 3.8) is 0 Å². The molecule has 6 heteroatoms. The lowest BCUT2D eigenvalue weighted by atomic mass is 10.1. The highest BCUT2D eigenvalue weighted by molar-refractivity contribution is 5.98. The molecular formula is C21H23N3O3. The summed E-state index contributed by atoms with van der Waals surface area (Å²) in [5, 5.41) is 2.90. The maximum Gasteiger partial charge on any atom is 0.251 e. The number of hydrogen-bond donors (Lipinski definition) is 2. The van der Waals surface area contributed by atoms with Gasteiger partial charge in [-0.1, -0.05) is 19.1 Å². The zero-order chi connectivity index (χ0) is 19.4. The Kier molecular flexibility index (Phi) is 5.54. The van der Waals surface area contributed by atoms with Crippen molar-refractivity contribution in [1.82, 2.24) is 5.32 Å². The lowest BCUT2D eigenvalue weighted by molar-refractivity contribution is -0.118. The van der Waals surface area contributed by atoms with Gasteiger partial charge in [0.2, 0.25) is 11.8 Å². The molecule has 1 aliphatic rings. The second-order valence-electron chi connectivity index (χ2n) is 6.56. The number of fused-ring (bicyclic) bond motifs is 1. The van der Waals surface area contributed by atoms with Crippen molar-refractivity contribution in [1.29, 1.82) is 0 Å². The Morgan fingerprint density at radius 3 is 2.67 bits per heavy atom. The number of carbonyl (C=O) groups excluding carboxylic acids is 3. The molecule has 3 amide bonds. The number of anilines is 1. The molecule has 0 spiro atoms. The molecule has 0 aromatic heterocycles. The number of nitrogens with zero attached hydrogens (tertiary/aromatic N) is 1. The van der Waals surface area contributed by atoms with Gasteiger partial charge in [-0.05, 0) is 54.3 Å². The molecule has 1 heterocycles. The summed E-state index contributed by atoms with van der Waals surface area (Å²) in [5.41, 5.74) is 9.20. The van der Waals surface area contributed by atoms with Crippen molar-refractivity contribution >= 4 is 23.4 Å². The summed E-state index contributed by atoms with van der Waals surface area (Å²) in [4.78, 5) is 37.4. The Balaban J connectivity index is 1.60. The van der Waals surface area contributed by atoms with Crippen LogP contribution in [0.15, 0.2) is 42.5 Å². The normalized spacial score (nSPS) is 12.6. The number of amides is 3. The van der Waals surface area contributed by atoms with Crippen molar-refractivity contribution in [2.24, 2.45) is 5.73 Å². The molecule has 0 fully saturated rings. The molecule has 0 radical (unpaired) electrons. The standard InChI is InChI=1S/C21H23N3O3/c1-2-19(25)24-11-9-15-13-17(6-7-18(15)24)21(27)23-10-8-14-4-3-5-16(12-14)20(22)26/h3-7,12-13H,2,8-11H2,1H3,(H2,22,26)(H,23,27). The average molecular weight is 365 g/mol. The van der Waals surface area contributed by atoms with Crippen LogP contribution in [0, 0.1) is 0 Å². The SMILES string of the molecule is CCC(=O)N1CCc2cc(C(=O)NCCc3cccc(C(N)=O)c3)ccc21. The highest BCUT2D eigenvalue weighted by Crippen LogP contribution is 2.29. The Bertz CT molecular complexity index is 892. The van der Waals surface area contributed by atoms with E-state index in [0.29, 0.717) is 37.1 Å². The molecule has 2 aromatic carbocycles. The van der Waals surface area contributed by atoms with Crippen LogP contribution in [0.1, 0.15) is 45.2 Å². The Morgan fingerprint density at radius 1 is 1.11 bits per heavy atom. The zero-order valence-corrected chi connectivity index (χ0v) is 15.3. The first kappa shape index (κ1) is 18.6. The van der Waals surface area contributed by atoms with Gasteiger partial charge in [0.25, 0.3) is 5.91 Å². The fourth-order valence-electron chi connectivity index (χ4n) is 3.30. The van der Waals surface area contributed by atoms with Crippen molar-refractivity contribution in [2.75, 3.05) is 18.0 Å². The number of carbonyl (C=O) groups is 3. The van der Waals surface area contributed by atoms with E-state index in [2.05, 4.69) is 5.32 Å². The molecule has 0 atom stereocenters. The molecule has 140 valence electrons. The van der Waals surface area contributed by atoms with E-state index in [9.17, 15) is 14.4 Å². The quantitative estimate of drug-likeness (QED) is 0.821. The van der Waals surface area contributed by atoms with E-state index in [1.165, 1.54) is 0 Å². The predicted molar refractivity (Wildman–Crippen MR) is 104 cm³/mol. The largest absolute Gasteiger partial charge is 0.366 e. The summed E-state index contributed by atoms with van der Waals surface area (Å²) in [7, 11) is 0. The molecule has 27 heavy (non-hydrogen) atoms. The van der Waals surface area contributed by atoms with E-state index in [-0.39, 0.29) is 11.8 Å². The fraction of sp³-hybridized carbons (Fsp3) is 0.286. The van der Waals surface area contributed by atoms with Gasteiger partial charge in [-0.15, -0.1) is 0 Å². The van der Waals surface area contributed by atoms with Crippen molar-refractivity contribution in [3.05, 3.63) is 64.7 Å². The molecule has 3 rings (SSSR count). The summed E-state index contributed by atoms with van der Waals surface area (Å²) < 4.78 is 0. The van der Waals surface area contributed by atoms with Crippen molar-refractivity contribution in [2.45, 2.75) is 26.2 Å². The number of nitrogens with one attached hydrogen (secondary N) is 1. The summed E-state index contributed by atoms with van der Waals surface area (Å²) >= 11 is 0. The van der Waals surface area contributed by atoms with Gasteiger partial charge in [0.15, 0.2) is 0 Å². The van der Waals surface area contributed by atoms with E-state index < -0.39 is 5.91 Å². The Labute approximate surface area is 158 Å². The third-order valence-corrected chi connectivity index (χ3v) is 4.75. The molecule has 0 aliphatic carbocycles. The van der Waals surface area contributed by atoms with Gasteiger partial charge in [0, 0.05) is 36.3 Å². The minimum absolute atomic E-state index is 0.101. The number of rotatable bonds is 6. The van der Waals surface area contributed by atoms with Crippen LogP contribution in [0.2, 0.25) is 0 Å². The minimum Gasteiger partial charge on any atom is -0.366 e. The smallest absolute Gasteiger partial charge is 0.251 e. The van der Waals surface area contributed by atoms with E-state index in [0.717, 1.165) is 23.2 Å². The van der Waals surface area contributed by atoms with Crippen LogP contribution in [-0.4, -0.2) is 30.8 Å². The van der Waals surface area contributed by atoms with Gasteiger partial charge in [0.05, 0.1) is 0 Å². The van der Waals surface area contributed by atoms with Gasteiger partial charge >= 0.3 is 0 Å². The van der Waals surface area contributed by atoms with E-state index in [1.54, 1.807) is 29.2 Å². The van der Waals surface area contributed by atoms with Crippen LogP contribution in [0.25, 0.3) is 0 Å². The van der Waals surface area contributed by atoms with E-state index >= 15 is 0 Å². The molecule has 6 nitrogen and oxygen atoms in total. The highest BCUT2D eigenvalue weighted by Gasteiger charge is 2.24. The number of benzene rings is 2.